The van der Waals surface area contributed by atoms with Gasteiger partial charge in [-0.2, -0.15) is 0 Å². The van der Waals surface area contributed by atoms with Crippen LogP contribution in [0.2, 0.25) is 0 Å². The minimum absolute atomic E-state index is 0.0817. The molecule has 0 saturated carbocycles. The third-order valence-corrected chi connectivity index (χ3v) is 8.21. The Morgan fingerprint density at radius 2 is 1.54 bits per heavy atom. The molecule has 1 unspecified atom stereocenters. The van der Waals surface area contributed by atoms with E-state index in [9.17, 15) is 18.0 Å². The van der Waals surface area contributed by atoms with Gasteiger partial charge in [0.05, 0.1) is 10.6 Å². The Morgan fingerprint density at radius 1 is 0.946 bits per heavy atom. The van der Waals surface area contributed by atoms with Crippen LogP contribution in [0.5, 0.6) is 0 Å². The van der Waals surface area contributed by atoms with Gasteiger partial charge in [-0.05, 0) is 80.8 Å². The van der Waals surface area contributed by atoms with Gasteiger partial charge in [-0.3, -0.25) is 13.9 Å². The molecule has 0 spiro atoms. The zero-order valence-electron chi connectivity index (χ0n) is 21.4. The Hall–Kier alpha value is -3.17. The van der Waals surface area contributed by atoms with Gasteiger partial charge in [0.2, 0.25) is 11.8 Å². The van der Waals surface area contributed by atoms with Gasteiger partial charge in [-0.1, -0.05) is 52.3 Å². The summed E-state index contributed by atoms with van der Waals surface area (Å²) in [5.74, 6) is -0.794. The van der Waals surface area contributed by atoms with Gasteiger partial charge >= 0.3 is 0 Å². The summed E-state index contributed by atoms with van der Waals surface area (Å²) in [6.45, 7) is 7.32. The fourth-order valence-electron chi connectivity index (χ4n) is 4.03. The van der Waals surface area contributed by atoms with Crippen LogP contribution in [0.25, 0.3) is 0 Å². The summed E-state index contributed by atoms with van der Waals surface area (Å²) in [4.78, 5) is 28.1. The first-order valence-electron chi connectivity index (χ1n) is 12.0. The fraction of sp³-hybridized carbons (Fsp3) is 0.286. The van der Waals surface area contributed by atoms with Crippen molar-refractivity contribution in [2.24, 2.45) is 0 Å². The van der Waals surface area contributed by atoms with E-state index in [1.807, 2.05) is 44.2 Å². The highest BCUT2D eigenvalue weighted by atomic mass is 79.9. The number of aryl methyl sites for hydroxylation is 2. The van der Waals surface area contributed by atoms with Crippen molar-refractivity contribution in [3.63, 3.8) is 0 Å². The van der Waals surface area contributed by atoms with E-state index in [0.29, 0.717) is 12.2 Å². The second-order valence-electron chi connectivity index (χ2n) is 8.89. The molecule has 0 radical (unpaired) electrons. The standard InChI is InChI=1S/C28H32BrN3O4S/c1-5-30-28(34)22(4)31(18-23-11-13-24(29)14-12-23)27(33)19-32(25-16-20(2)15-21(3)17-25)37(35,36)26-9-7-6-8-10-26/h6-17,22H,5,18-19H2,1-4H3,(H,30,34). The van der Waals surface area contributed by atoms with Gasteiger partial charge in [0, 0.05) is 17.6 Å². The summed E-state index contributed by atoms with van der Waals surface area (Å²) >= 11 is 3.41. The van der Waals surface area contributed by atoms with E-state index in [2.05, 4.69) is 21.2 Å². The molecule has 0 aliphatic rings. The lowest BCUT2D eigenvalue weighted by molar-refractivity contribution is -0.139. The Balaban J connectivity index is 2.04. The van der Waals surface area contributed by atoms with Crippen LogP contribution in [0.15, 0.2) is 82.2 Å². The molecule has 3 aromatic carbocycles. The smallest absolute Gasteiger partial charge is 0.264 e. The summed E-state index contributed by atoms with van der Waals surface area (Å²) in [5, 5.41) is 2.76. The third kappa shape index (κ3) is 7.20. The number of carbonyl (C=O) groups excluding carboxylic acids is 2. The molecule has 3 rings (SSSR count). The van der Waals surface area contributed by atoms with Crippen molar-refractivity contribution in [3.05, 3.63) is 94.0 Å². The normalized spacial score (nSPS) is 12.0. The molecule has 0 heterocycles. The monoisotopic (exact) mass is 585 g/mol. The predicted octanol–water partition coefficient (Wildman–Crippen LogP) is 4.81. The van der Waals surface area contributed by atoms with E-state index in [1.165, 1.54) is 17.0 Å². The van der Waals surface area contributed by atoms with Crippen LogP contribution in [0.4, 0.5) is 5.69 Å². The summed E-state index contributed by atoms with van der Waals surface area (Å²) in [6, 6.07) is 20.1. The summed E-state index contributed by atoms with van der Waals surface area (Å²) in [5.41, 5.74) is 2.96. The molecule has 0 aliphatic carbocycles. The molecule has 3 aromatic rings. The average molecular weight is 587 g/mol. The predicted molar refractivity (Wildman–Crippen MR) is 150 cm³/mol. The first kappa shape index (κ1) is 28.4. The van der Waals surface area contributed by atoms with Crippen LogP contribution in [0.1, 0.15) is 30.5 Å². The first-order valence-corrected chi connectivity index (χ1v) is 14.2. The second kappa shape index (κ2) is 12.4. The number of anilines is 1. The molecule has 37 heavy (non-hydrogen) atoms. The number of hydrogen-bond donors (Lipinski definition) is 1. The molecule has 2 amide bonds. The van der Waals surface area contributed by atoms with Crippen LogP contribution in [-0.2, 0) is 26.2 Å². The molecule has 196 valence electrons. The fourth-order valence-corrected chi connectivity index (χ4v) is 5.72. The maximum atomic E-state index is 13.8. The topological polar surface area (TPSA) is 86.8 Å². The van der Waals surface area contributed by atoms with Gasteiger partial charge in [0.25, 0.3) is 10.0 Å². The van der Waals surface area contributed by atoms with Gasteiger partial charge in [-0.25, -0.2) is 8.42 Å². The molecule has 0 aromatic heterocycles. The summed E-state index contributed by atoms with van der Waals surface area (Å²) in [6.07, 6.45) is 0. The van der Waals surface area contributed by atoms with Crippen molar-refractivity contribution < 1.29 is 18.0 Å². The average Bonchev–Trinajstić information content (AvgIpc) is 2.86. The SMILES string of the molecule is CCNC(=O)C(C)N(Cc1ccc(Br)cc1)C(=O)CN(c1cc(C)cc(C)c1)S(=O)(=O)c1ccccc1. The Morgan fingerprint density at radius 3 is 2.11 bits per heavy atom. The van der Waals surface area contributed by atoms with Crippen LogP contribution < -0.4 is 9.62 Å². The minimum Gasteiger partial charge on any atom is -0.355 e. The van der Waals surface area contributed by atoms with Crippen molar-refractivity contribution in [2.75, 3.05) is 17.4 Å². The first-order chi connectivity index (χ1) is 17.5. The molecule has 0 saturated heterocycles. The number of nitrogens with one attached hydrogen (secondary N) is 1. The Kier molecular flexibility index (Phi) is 9.50. The molecule has 1 N–H and O–H groups in total. The molecular weight excluding hydrogens is 554 g/mol. The number of likely N-dealkylation sites (N-methyl/N-ethyl adjacent to an activating group) is 1. The zero-order valence-corrected chi connectivity index (χ0v) is 23.8. The molecule has 0 fully saturated rings. The number of carbonyl (C=O) groups is 2. The molecular formula is C28H32BrN3O4S. The second-order valence-corrected chi connectivity index (χ2v) is 11.7. The van der Waals surface area contributed by atoms with Crippen LogP contribution in [-0.4, -0.2) is 44.3 Å². The number of hydrogen-bond acceptors (Lipinski definition) is 4. The number of sulfonamides is 1. The number of benzene rings is 3. The van der Waals surface area contributed by atoms with E-state index >= 15 is 0 Å². The minimum atomic E-state index is -4.07. The summed E-state index contributed by atoms with van der Waals surface area (Å²) in [7, 11) is -4.07. The lowest BCUT2D eigenvalue weighted by Gasteiger charge is -2.32. The van der Waals surface area contributed by atoms with E-state index in [-0.39, 0.29) is 17.3 Å². The molecule has 9 heteroatoms. The van der Waals surface area contributed by atoms with Crippen molar-refractivity contribution in [1.29, 1.82) is 0 Å². The highest BCUT2D eigenvalue weighted by Crippen LogP contribution is 2.26. The Bertz CT molecular complexity index is 1330. The highest BCUT2D eigenvalue weighted by Gasteiger charge is 2.32. The van der Waals surface area contributed by atoms with Gasteiger partial charge in [0.15, 0.2) is 0 Å². The number of amides is 2. The van der Waals surface area contributed by atoms with Crippen LogP contribution >= 0.6 is 15.9 Å². The van der Waals surface area contributed by atoms with Gasteiger partial charge < -0.3 is 10.2 Å². The molecule has 7 nitrogen and oxygen atoms in total. The van der Waals surface area contributed by atoms with Crippen LogP contribution in [0.3, 0.4) is 0 Å². The van der Waals surface area contributed by atoms with Crippen molar-refractivity contribution in [1.82, 2.24) is 10.2 Å². The van der Waals surface area contributed by atoms with E-state index in [1.54, 1.807) is 44.2 Å². The molecule has 0 aliphatic heterocycles. The maximum absolute atomic E-state index is 13.8. The van der Waals surface area contributed by atoms with Crippen molar-refractivity contribution >= 4 is 43.5 Å². The Labute approximate surface area is 227 Å². The van der Waals surface area contributed by atoms with E-state index < -0.39 is 28.5 Å². The van der Waals surface area contributed by atoms with Crippen molar-refractivity contribution in [3.8, 4) is 0 Å². The lowest BCUT2D eigenvalue weighted by Crippen LogP contribution is -2.51. The maximum Gasteiger partial charge on any atom is 0.264 e. The lowest BCUT2D eigenvalue weighted by atomic mass is 10.1. The number of halogens is 1. The van der Waals surface area contributed by atoms with Gasteiger partial charge in [-0.15, -0.1) is 0 Å². The van der Waals surface area contributed by atoms with Gasteiger partial charge in [0.1, 0.15) is 12.6 Å². The molecule has 1 atom stereocenters. The number of nitrogens with zero attached hydrogens (tertiary/aromatic N) is 2. The summed E-state index contributed by atoms with van der Waals surface area (Å²) < 4.78 is 29.6. The quantitative estimate of drug-likeness (QED) is 0.370. The van der Waals surface area contributed by atoms with Crippen molar-refractivity contribution in [2.45, 2.75) is 45.2 Å². The van der Waals surface area contributed by atoms with E-state index in [4.69, 9.17) is 0 Å². The third-order valence-electron chi connectivity index (χ3n) is 5.89. The molecule has 0 bridgehead atoms. The largest absolute Gasteiger partial charge is 0.355 e. The van der Waals surface area contributed by atoms with E-state index in [0.717, 1.165) is 25.5 Å². The zero-order chi connectivity index (χ0) is 27.2. The van der Waals surface area contributed by atoms with Crippen LogP contribution in [0, 0.1) is 13.8 Å². The highest BCUT2D eigenvalue weighted by molar-refractivity contribution is 9.10. The number of rotatable bonds is 10.